The quantitative estimate of drug-likeness (QED) is 0.623. The number of benzene rings is 1. The predicted octanol–water partition coefficient (Wildman–Crippen LogP) is 2.01. The number of amides is 1. The third-order valence-electron chi connectivity index (χ3n) is 3.37. The van der Waals surface area contributed by atoms with Gasteiger partial charge in [-0.1, -0.05) is 24.3 Å². The van der Waals surface area contributed by atoms with Crippen LogP contribution >= 0.6 is 0 Å². The van der Waals surface area contributed by atoms with E-state index in [0.29, 0.717) is 11.3 Å². The van der Waals surface area contributed by atoms with E-state index >= 15 is 0 Å². The molecule has 2 aromatic heterocycles. The van der Waals surface area contributed by atoms with Crippen LogP contribution in [0, 0.1) is 0 Å². The number of hydrogen-bond acceptors (Lipinski definition) is 3. The summed E-state index contributed by atoms with van der Waals surface area (Å²) >= 11 is 0. The Morgan fingerprint density at radius 2 is 1.95 bits per heavy atom. The number of Topliss-reactive ketones (excluding diaryl/α,β-unsaturated/α-hetero) is 1. The standard InChI is InChI=1S/C15H14N4O2/c16-14(21)6-5-13(20)9-3-1-2-4-10(9)15-11-7-17-8-12(11)18-19-15/h1-4,7-8,17-18H,5-6H2,(H2,16,21). The van der Waals surface area contributed by atoms with E-state index in [4.69, 9.17) is 5.73 Å². The van der Waals surface area contributed by atoms with E-state index in [-0.39, 0.29) is 18.6 Å². The topological polar surface area (TPSA) is 105 Å². The van der Waals surface area contributed by atoms with Crippen molar-refractivity contribution in [2.45, 2.75) is 12.8 Å². The minimum atomic E-state index is -0.478. The highest BCUT2D eigenvalue weighted by Crippen LogP contribution is 2.29. The molecule has 0 saturated heterocycles. The highest BCUT2D eigenvalue weighted by atomic mass is 16.1. The van der Waals surface area contributed by atoms with Gasteiger partial charge in [-0.2, -0.15) is 5.10 Å². The zero-order valence-electron chi connectivity index (χ0n) is 11.2. The molecule has 0 aliphatic heterocycles. The van der Waals surface area contributed by atoms with Crippen molar-refractivity contribution in [1.29, 1.82) is 0 Å². The summed E-state index contributed by atoms with van der Waals surface area (Å²) in [7, 11) is 0. The minimum Gasteiger partial charge on any atom is -0.370 e. The Kier molecular flexibility index (Phi) is 3.27. The molecule has 6 heteroatoms. The summed E-state index contributed by atoms with van der Waals surface area (Å²) in [6, 6.07) is 7.24. The van der Waals surface area contributed by atoms with Gasteiger partial charge in [0, 0.05) is 41.7 Å². The summed E-state index contributed by atoms with van der Waals surface area (Å²) in [5.74, 6) is -0.593. The number of primary amides is 1. The number of aromatic amines is 2. The van der Waals surface area contributed by atoms with Crippen molar-refractivity contribution < 1.29 is 9.59 Å². The Labute approximate surface area is 120 Å². The molecular formula is C15H14N4O2. The van der Waals surface area contributed by atoms with E-state index in [1.54, 1.807) is 12.1 Å². The monoisotopic (exact) mass is 282 g/mol. The van der Waals surface area contributed by atoms with E-state index in [1.807, 2.05) is 24.5 Å². The average Bonchev–Trinajstić information content (AvgIpc) is 3.07. The van der Waals surface area contributed by atoms with Gasteiger partial charge < -0.3 is 10.7 Å². The number of rotatable bonds is 5. The zero-order valence-corrected chi connectivity index (χ0v) is 11.2. The summed E-state index contributed by atoms with van der Waals surface area (Å²) in [6.07, 6.45) is 3.79. The number of nitrogens with zero attached hydrogens (tertiary/aromatic N) is 1. The van der Waals surface area contributed by atoms with Crippen LogP contribution in [-0.4, -0.2) is 26.9 Å². The van der Waals surface area contributed by atoms with Crippen LogP contribution in [0.3, 0.4) is 0 Å². The number of hydrogen-bond donors (Lipinski definition) is 3. The number of carbonyl (C=O) groups is 2. The molecule has 0 aliphatic carbocycles. The van der Waals surface area contributed by atoms with Crippen molar-refractivity contribution in [2.24, 2.45) is 5.73 Å². The van der Waals surface area contributed by atoms with Gasteiger partial charge in [0.05, 0.1) is 5.52 Å². The van der Waals surface area contributed by atoms with E-state index in [9.17, 15) is 9.59 Å². The molecule has 3 rings (SSSR count). The van der Waals surface area contributed by atoms with Crippen LogP contribution in [-0.2, 0) is 4.79 Å². The van der Waals surface area contributed by atoms with Gasteiger partial charge in [0.25, 0.3) is 0 Å². The van der Waals surface area contributed by atoms with Crippen molar-refractivity contribution in [3.8, 4) is 11.3 Å². The Balaban J connectivity index is 2.02. The van der Waals surface area contributed by atoms with Crippen LogP contribution in [0.5, 0.6) is 0 Å². The van der Waals surface area contributed by atoms with E-state index < -0.39 is 5.91 Å². The van der Waals surface area contributed by atoms with Crippen LogP contribution in [0.15, 0.2) is 36.7 Å². The lowest BCUT2D eigenvalue weighted by molar-refractivity contribution is -0.118. The molecule has 1 amide bonds. The number of aromatic nitrogens is 3. The molecule has 0 radical (unpaired) electrons. The van der Waals surface area contributed by atoms with Crippen LogP contribution < -0.4 is 5.73 Å². The maximum absolute atomic E-state index is 12.3. The first-order valence-electron chi connectivity index (χ1n) is 6.58. The maximum Gasteiger partial charge on any atom is 0.217 e. The Morgan fingerprint density at radius 1 is 1.14 bits per heavy atom. The van der Waals surface area contributed by atoms with E-state index in [0.717, 1.165) is 16.5 Å². The van der Waals surface area contributed by atoms with Gasteiger partial charge >= 0.3 is 0 Å². The highest BCUT2D eigenvalue weighted by Gasteiger charge is 2.17. The summed E-state index contributed by atoms with van der Waals surface area (Å²) < 4.78 is 0. The van der Waals surface area contributed by atoms with Gasteiger partial charge in [0.2, 0.25) is 5.91 Å². The Hall–Kier alpha value is -2.89. The van der Waals surface area contributed by atoms with Crippen molar-refractivity contribution in [3.05, 3.63) is 42.2 Å². The SMILES string of the molecule is NC(=O)CCC(=O)c1ccccc1-c1n[nH]c2c[nH]cc12. The smallest absolute Gasteiger partial charge is 0.217 e. The van der Waals surface area contributed by atoms with Gasteiger partial charge in [-0.25, -0.2) is 0 Å². The van der Waals surface area contributed by atoms with Gasteiger partial charge in [0.1, 0.15) is 5.69 Å². The molecule has 3 aromatic rings. The lowest BCUT2D eigenvalue weighted by Gasteiger charge is -2.06. The lowest BCUT2D eigenvalue weighted by atomic mass is 9.97. The van der Waals surface area contributed by atoms with Crippen molar-refractivity contribution >= 4 is 22.6 Å². The fourth-order valence-electron chi connectivity index (χ4n) is 2.34. The maximum atomic E-state index is 12.3. The molecule has 6 nitrogen and oxygen atoms in total. The van der Waals surface area contributed by atoms with Crippen molar-refractivity contribution in [2.75, 3.05) is 0 Å². The second-order valence-electron chi connectivity index (χ2n) is 4.79. The molecule has 0 fully saturated rings. The van der Waals surface area contributed by atoms with E-state index in [1.165, 1.54) is 0 Å². The molecule has 0 saturated carbocycles. The summed E-state index contributed by atoms with van der Waals surface area (Å²) in [5.41, 5.74) is 7.99. The molecule has 0 bridgehead atoms. The molecule has 0 unspecified atom stereocenters. The number of nitrogens with one attached hydrogen (secondary N) is 2. The normalized spacial score (nSPS) is 10.9. The number of carbonyl (C=O) groups excluding carboxylic acids is 2. The predicted molar refractivity (Wildman–Crippen MR) is 78.6 cm³/mol. The molecule has 1 aromatic carbocycles. The number of ketones is 1. The molecule has 4 N–H and O–H groups in total. The number of fused-ring (bicyclic) bond motifs is 1. The van der Waals surface area contributed by atoms with Crippen LogP contribution in [0.1, 0.15) is 23.2 Å². The van der Waals surface area contributed by atoms with Crippen LogP contribution in [0.2, 0.25) is 0 Å². The largest absolute Gasteiger partial charge is 0.370 e. The molecule has 0 atom stereocenters. The third kappa shape index (κ3) is 2.43. The third-order valence-corrected chi connectivity index (χ3v) is 3.37. The fourth-order valence-corrected chi connectivity index (χ4v) is 2.34. The first kappa shape index (κ1) is 13.1. The molecule has 21 heavy (non-hydrogen) atoms. The Morgan fingerprint density at radius 3 is 2.76 bits per heavy atom. The van der Waals surface area contributed by atoms with Gasteiger partial charge in [-0.3, -0.25) is 14.7 Å². The molecular weight excluding hydrogens is 268 g/mol. The minimum absolute atomic E-state index is 0.0489. The highest BCUT2D eigenvalue weighted by molar-refractivity contribution is 6.06. The zero-order chi connectivity index (χ0) is 14.8. The first-order valence-corrected chi connectivity index (χ1v) is 6.58. The Bertz CT molecular complexity index is 816. The van der Waals surface area contributed by atoms with Crippen molar-refractivity contribution in [3.63, 3.8) is 0 Å². The molecule has 0 spiro atoms. The summed E-state index contributed by atoms with van der Waals surface area (Å²) in [6.45, 7) is 0. The number of H-pyrrole nitrogens is 2. The van der Waals surface area contributed by atoms with Crippen LogP contribution in [0.25, 0.3) is 22.2 Å². The second-order valence-corrected chi connectivity index (χ2v) is 4.79. The van der Waals surface area contributed by atoms with E-state index in [2.05, 4.69) is 15.2 Å². The lowest BCUT2D eigenvalue weighted by Crippen LogP contribution is -2.13. The van der Waals surface area contributed by atoms with Gasteiger partial charge in [-0.15, -0.1) is 0 Å². The number of nitrogens with two attached hydrogens (primary N) is 1. The van der Waals surface area contributed by atoms with Gasteiger partial charge in [-0.05, 0) is 0 Å². The van der Waals surface area contributed by atoms with Crippen LogP contribution in [0.4, 0.5) is 0 Å². The molecule has 2 heterocycles. The molecule has 0 aliphatic rings. The average molecular weight is 282 g/mol. The first-order chi connectivity index (χ1) is 10.2. The second kappa shape index (κ2) is 5.24. The fraction of sp³-hybridized carbons (Fsp3) is 0.133. The molecule has 106 valence electrons. The van der Waals surface area contributed by atoms with Gasteiger partial charge in [0.15, 0.2) is 5.78 Å². The summed E-state index contributed by atoms with van der Waals surface area (Å²) in [5, 5.41) is 8.11. The summed E-state index contributed by atoms with van der Waals surface area (Å²) in [4.78, 5) is 26.1. The van der Waals surface area contributed by atoms with Crippen molar-refractivity contribution in [1.82, 2.24) is 15.2 Å².